The van der Waals surface area contributed by atoms with Gasteiger partial charge in [0.1, 0.15) is 22.8 Å². The van der Waals surface area contributed by atoms with Gasteiger partial charge in [0, 0.05) is 6.07 Å². The van der Waals surface area contributed by atoms with Gasteiger partial charge in [-0.25, -0.2) is 4.79 Å². The van der Waals surface area contributed by atoms with E-state index in [1.165, 1.54) is 19.2 Å². The quantitative estimate of drug-likeness (QED) is 0.825. The van der Waals surface area contributed by atoms with Gasteiger partial charge in [0.05, 0.1) is 12.8 Å². The summed E-state index contributed by atoms with van der Waals surface area (Å²) in [5.74, 6) is 0.0182. The number of carboxylic acids is 1. The monoisotopic (exact) mass is 259 g/mol. The van der Waals surface area contributed by atoms with Gasteiger partial charge < -0.3 is 20.3 Å². The molecule has 0 saturated heterocycles. The fourth-order valence-electron chi connectivity index (χ4n) is 1.58. The number of carbonyl (C=O) groups is 1. The van der Waals surface area contributed by atoms with Crippen LogP contribution in [0.2, 0.25) is 0 Å². The van der Waals surface area contributed by atoms with Gasteiger partial charge in [-0.2, -0.15) is 0 Å². The Morgan fingerprint density at radius 3 is 2.53 bits per heavy atom. The van der Waals surface area contributed by atoms with Crippen LogP contribution >= 0.6 is 0 Å². The molecule has 3 N–H and O–H groups in total. The van der Waals surface area contributed by atoms with Gasteiger partial charge in [-0.15, -0.1) is 0 Å². The van der Waals surface area contributed by atoms with E-state index in [1.807, 2.05) is 0 Å². The summed E-state index contributed by atoms with van der Waals surface area (Å²) in [6.07, 6.45) is 0. The summed E-state index contributed by atoms with van der Waals surface area (Å²) in [7, 11) is 1.50. The smallest absolute Gasteiger partial charge is 0.339 e. The number of hydrogen-bond acceptors (Lipinski definition) is 4. The molecule has 0 aromatic heterocycles. The molecular weight excluding hydrogens is 246 g/mol. The maximum atomic E-state index is 11.1. The Hall–Kier alpha value is -2.69. The first-order valence-electron chi connectivity index (χ1n) is 5.55. The van der Waals surface area contributed by atoms with Crippen LogP contribution < -0.4 is 15.2 Å². The molecule has 0 atom stereocenters. The lowest BCUT2D eigenvalue weighted by atomic mass is 10.2. The summed E-state index contributed by atoms with van der Waals surface area (Å²) in [5.41, 5.74) is 6.24. The lowest BCUT2D eigenvalue weighted by Gasteiger charge is -2.11. The Kier molecular flexibility index (Phi) is 3.56. The highest BCUT2D eigenvalue weighted by atomic mass is 16.5. The van der Waals surface area contributed by atoms with E-state index < -0.39 is 5.97 Å². The molecule has 0 fully saturated rings. The second kappa shape index (κ2) is 5.30. The summed E-state index contributed by atoms with van der Waals surface area (Å²) in [4.78, 5) is 11.1. The topological polar surface area (TPSA) is 81.8 Å². The number of hydrogen-bond donors (Lipinski definition) is 2. The third-order valence-electron chi connectivity index (χ3n) is 2.56. The molecule has 0 unspecified atom stereocenters. The summed E-state index contributed by atoms with van der Waals surface area (Å²) in [5, 5.41) is 9.12. The molecule has 98 valence electrons. The average Bonchev–Trinajstić information content (AvgIpc) is 2.41. The third kappa shape index (κ3) is 2.77. The van der Waals surface area contributed by atoms with Crippen LogP contribution in [0.4, 0.5) is 5.69 Å². The second-order valence-electron chi connectivity index (χ2n) is 3.81. The van der Waals surface area contributed by atoms with Crippen LogP contribution in [0.1, 0.15) is 10.4 Å². The van der Waals surface area contributed by atoms with E-state index in [0.29, 0.717) is 17.2 Å². The normalized spacial score (nSPS) is 9.95. The van der Waals surface area contributed by atoms with Crippen molar-refractivity contribution in [2.24, 2.45) is 0 Å². The summed E-state index contributed by atoms with van der Waals surface area (Å²) in [6.45, 7) is 0. The Morgan fingerprint density at radius 2 is 1.89 bits per heavy atom. The van der Waals surface area contributed by atoms with Crippen LogP contribution in [0.25, 0.3) is 0 Å². The number of aromatic carboxylic acids is 1. The summed E-state index contributed by atoms with van der Waals surface area (Å²) < 4.78 is 10.6. The lowest BCUT2D eigenvalue weighted by molar-refractivity contribution is 0.0694. The molecule has 0 saturated carbocycles. The maximum Gasteiger partial charge on any atom is 0.339 e. The van der Waals surface area contributed by atoms with Gasteiger partial charge in [0.25, 0.3) is 0 Å². The zero-order valence-corrected chi connectivity index (χ0v) is 10.3. The minimum absolute atomic E-state index is 0.0454. The summed E-state index contributed by atoms with van der Waals surface area (Å²) >= 11 is 0. The number of anilines is 1. The standard InChI is InChI=1S/C14H13NO4/c1-18-9-6-7-10(14(16)17)13(8-9)19-12-5-3-2-4-11(12)15/h2-8H,15H2,1H3,(H,16,17). The van der Waals surface area contributed by atoms with Crippen molar-refractivity contribution in [3.63, 3.8) is 0 Å². The van der Waals surface area contributed by atoms with Crippen molar-refractivity contribution in [2.45, 2.75) is 0 Å². The van der Waals surface area contributed by atoms with E-state index >= 15 is 0 Å². The fraction of sp³-hybridized carbons (Fsp3) is 0.0714. The van der Waals surface area contributed by atoms with Gasteiger partial charge >= 0.3 is 5.97 Å². The molecule has 0 aliphatic carbocycles. The number of nitrogen functional groups attached to an aromatic ring is 1. The molecule has 0 amide bonds. The van der Waals surface area contributed by atoms with Crippen molar-refractivity contribution < 1.29 is 19.4 Å². The Bertz CT molecular complexity index is 610. The lowest BCUT2D eigenvalue weighted by Crippen LogP contribution is -2.01. The molecule has 5 nitrogen and oxygen atoms in total. The van der Waals surface area contributed by atoms with Gasteiger partial charge in [-0.1, -0.05) is 12.1 Å². The largest absolute Gasteiger partial charge is 0.497 e. The number of carboxylic acid groups (broad SMARTS) is 1. The molecule has 2 aromatic rings. The van der Waals surface area contributed by atoms with Crippen molar-refractivity contribution in [2.75, 3.05) is 12.8 Å². The first-order valence-corrected chi connectivity index (χ1v) is 5.55. The molecule has 0 aliphatic heterocycles. The van der Waals surface area contributed by atoms with Gasteiger partial charge in [-0.05, 0) is 24.3 Å². The average molecular weight is 259 g/mol. The number of para-hydroxylation sites is 2. The molecule has 0 heterocycles. The number of benzene rings is 2. The van der Waals surface area contributed by atoms with Gasteiger partial charge in [-0.3, -0.25) is 0 Å². The SMILES string of the molecule is COc1ccc(C(=O)O)c(Oc2ccccc2N)c1. The first kappa shape index (κ1) is 12.8. The van der Waals surface area contributed by atoms with Crippen LogP contribution in [0.3, 0.4) is 0 Å². The Balaban J connectivity index is 2.43. The van der Waals surface area contributed by atoms with Crippen LogP contribution in [0.5, 0.6) is 17.2 Å². The highest BCUT2D eigenvalue weighted by molar-refractivity contribution is 5.91. The van der Waals surface area contributed by atoms with Crippen LogP contribution in [-0.2, 0) is 0 Å². The first-order chi connectivity index (χ1) is 9.11. The van der Waals surface area contributed by atoms with E-state index in [4.69, 9.17) is 20.3 Å². The van der Waals surface area contributed by atoms with Crippen molar-refractivity contribution >= 4 is 11.7 Å². The number of rotatable bonds is 4. The second-order valence-corrected chi connectivity index (χ2v) is 3.81. The Morgan fingerprint density at radius 1 is 1.16 bits per heavy atom. The highest BCUT2D eigenvalue weighted by Gasteiger charge is 2.14. The zero-order chi connectivity index (χ0) is 13.8. The molecule has 19 heavy (non-hydrogen) atoms. The van der Waals surface area contributed by atoms with Crippen molar-refractivity contribution in [3.05, 3.63) is 48.0 Å². The van der Waals surface area contributed by atoms with E-state index in [0.717, 1.165) is 0 Å². The molecule has 0 bridgehead atoms. The van der Waals surface area contributed by atoms with E-state index in [9.17, 15) is 4.79 Å². The summed E-state index contributed by atoms with van der Waals surface area (Å²) in [6, 6.07) is 11.4. The molecule has 2 rings (SSSR count). The van der Waals surface area contributed by atoms with Crippen LogP contribution in [0, 0.1) is 0 Å². The minimum Gasteiger partial charge on any atom is -0.497 e. The Labute approximate surface area is 110 Å². The number of nitrogens with two attached hydrogens (primary N) is 1. The van der Waals surface area contributed by atoms with Gasteiger partial charge in [0.15, 0.2) is 0 Å². The molecular formula is C14H13NO4. The molecule has 0 spiro atoms. The molecule has 5 heteroatoms. The van der Waals surface area contributed by atoms with Crippen LogP contribution in [-0.4, -0.2) is 18.2 Å². The van der Waals surface area contributed by atoms with Crippen molar-refractivity contribution in [3.8, 4) is 17.2 Å². The third-order valence-corrected chi connectivity index (χ3v) is 2.56. The molecule has 0 aliphatic rings. The van der Waals surface area contributed by atoms with Crippen LogP contribution in [0.15, 0.2) is 42.5 Å². The highest BCUT2D eigenvalue weighted by Crippen LogP contribution is 2.32. The molecule has 0 radical (unpaired) electrons. The maximum absolute atomic E-state index is 11.1. The van der Waals surface area contributed by atoms with Crippen molar-refractivity contribution in [1.29, 1.82) is 0 Å². The van der Waals surface area contributed by atoms with Gasteiger partial charge in [0.2, 0.25) is 0 Å². The molecule has 2 aromatic carbocycles. The number of methoxy groups -OCH3 is 1. The minimum atomic E-state index is -1.08. The number of ether oxygens (including phenoxy) is 2. The zero-order valence-electron chi connectivity index (χ0n) is 10.3. The fourth-order valence-corrected chi connectivity index (χ4v) is 1.58. The van der Waals surface area contributed by atoms with Crippen molar-refractivity contribution in [1.82, 2.24) is 0 Å². The predicted octanol–water partition coefficient (Wildman–Crippen LogP) is 2.77. The van der Waals surface area contributed by atoms with E-state index in [-0.39, 0.29) is 11.3 Å². The van der Waals surface area contributed by atoms with E-state index in [2.05, 4.69) is 0 Å². The van der Waals surface area contributed by atoms with E-state index in [1.54, 1.807) is 30.3 Å². The predicted molar refractivity (Wildman–Crippen MR) is 70.9 cm³/mol.